The Kier molecular flexibility index (Phi) is 6.30. The lowest BCUT2D eigenvalue weighted by atomic mass is 10.1. The number of rotatable bonds is 7. The van der Waals surface area contributed by atoms with E-state index in [4.69, 9.17) is 0 Å². The Morgan fingerprint density at radius 2 is 1.61 bits per heavy atom. The topological polar surface area (TPSA) is 118 Å². The van der Waals surface area contributed by atoms with Crippen LogP contribution in [-0.2, 0) is 16.4 Å². The maximum atomic E-state index is 12.9. The number of sulfone groups is 1. The van der Waals surface area contributed by atoms with Crippen LogP contribution in [0.4, 0.5) is 21.5 Å². The Hall–Kier alpha value is -3.79. The second-order valence-electron chi connectivity index (χ2n) is 6.72. The zero-order valence-electron chi connectivity index (χ0n) is 16.3. The lowest BCUT2D eigenvalue weighted by Crippen LogP contribution is -2.12. The van der Waals surface area contributed by atoms with Crippen molar-refractivity contribution in [3.8, 4) is 0 Å². The fraction of sp³-hybridized carbons (Fsp3) is 0.0952. The number of hydrogen-bond acceptors (Lipinski definition) is 6. The number of nitro groups is 1. The van der Waals surface area contributed by atoms with E-state index in [-0.39, 0.29) is 10.8 Å². The van der Waals surface area contributed by atoms with E-state index in [1.165, 1.54) is 36.4 Å². The average Bonchev–Trinajstić information content (AvgIpc) is 2.73. The Labute approximate surface area is 177 Å². The number of anilines is 2. The molecular weight excluding hydrogens is 425 g/mol. The summed E-state index contributed by atoms with van der Waals surface area (Å²) in [5.41, 5.74) is 1.60. The van der Waals surface area contributed by atoms with Crippen LogP contribution in [0, 0.1) is 15.9 Å². The van der Waals surface area contributed by atoms with Gasteiger partial charge in [-0.2, -0.15) is 0 Å². The summed E-state index contributed by atoms with van der Waals surface area (Å²) >= 11 is 0. The van der Waals surface area contributed by atoms with E-state index in [0.29, 0.717) is 23.5 Å². The Morgan fingerprint density at radius 3 is 2.19 bits per heavy atom. The number of carbonyl (C=O) groups excluding carboxylic acids is 1. The van der Waals surface area contributed by atoms with Gasteiger partial charge in [-0.25, -0.2) is 12.8 Å². The first kappa shape index (κ1) is 21.9. The number of amides is 1. The molecule has 0 fully saturated rings. The smallest absolute Gasteiger partial charge is 0.288 e. The van der Waals surface area contributed by atoms with E-state index in [9.17, 15) is 27.7 Å². The van der Waals surface area contributed by atoms with Gasteiger partial charge in [0, 0.05) is 35.8 Å². The Balaban J connectivity index is 1.67. The summed E-state index contributed by atoms with van der Waals surface area (Å²) in [5.74, 6) is -0.745. The van der Waals surface area contributed by atoms with Gasteiger partial charge in [-0.05, 0) is 54.1 Å². The molecule has 8 nitrogen and oxygen atoms in total. The van der Waals surface area contributed by atoms with Gasteiger partial charge in [-0.15, -0.1) is 0 Å². The van der Waals surface area contributed by atoms with Crippen molar-refractivity contribution >= 4 is 32.8 Å². The molecule has 3 rings (SSSR count). The van der Waals surface area contributed by atoms with Crippen LogP contribution in [0.1, 0.15) is 15.9 Å². The van der Waals surface area contributed by atoms with Gasteiger partial charge in [-0.1, -0.05) is 12.1 Å². The second-order valence-corrected chi connectivity index (χ2v) is 8.71. The molecule has 31 heavy (non-hydrogen) atoms. The second kappa shape index (κ2) is 8.92. The average molecular weight is 443 g/mol. The molecule has 0 heterocycles. The van der Waals surface area contributed by atoms with Crippen molar-refractivity contribution in [3.05, 3.63) is 93.8 Å². The standard InChI is InChI=1S/C21H18FN3O5S/c1-31(29,30)20-12-18(10-11-19(20)25(27)28)23-13-14-2-4-15(5-3-14)21(26)24-17-8-6-16(22)7-9-17/h2-12,23H,13H2,1H3,(H,24,26). The van der Waals surface area contributed by atoms with Crippen molar-refractivity contribution in [1.29, 1.82) is 0 Å². The molecule has 3 aromatic carbocycles. The molecule has 0 unspecified atom stereocenters. The predicted octanol–water partition coefficient (Wildman–Crippen LogP) is 4.00. The molecule has 1 amide bonds. The number of nitrogens with zero attached hydrogens (tertiary/aromatic N) is 1. The highest BCUT2D eigenvalue weighted by Crippen LogP contribution is 2.27. The number of nitro benzene ring substituents is 1. The number of hydrogen-bond donors (Lipinski definition) is 2. The summed E-state index contributed by atoms with van der Waals surface area (Å²) in [6.07, 6.45) is 0.912. The first-order valence-electron chi connectivity index (χ1n) is 9.02. The summed E-state index contributed by atoms with van der Waals surface area (Å²) in [7, 11) is -3.77. The summed E-state index contributed by atoms with van der Waals surface area (Å²) in [6.45, 7) is 0.306. The molecular formula is C21H18FN3O5S. The fourth-order valence-corrected chi connectivity index (χ4v) is 3.65. The largest absolute Gasteiger partial charge is 0.381 e. The van der Waals surface area contributed by atoms with Gasteiger partial charge >= 0.3 is 0 Å². The third-order valence-electron chi connectivity index (χ3n) is 4.37. The highest BCUT2D eigenvalue weighted by atomic mass is 32.2. The van der Waals surface area contributed by atoms with Crippen LogP contribution in [0.2, 0.25) is 0 Å². The minimum absolute atomic E-state index is 0.306. The number of nitrogens with one attached hydrogen (secondary N) is 2. The third kappa shape index (κ3) is 5.64. The van der Waals surface area contributed by atoms with E-state index in [0.717, 1.165) is 17.9 Å². The van der Waals surface area contributed by atoms with Crippen LogP contribution >= 0.6 is 0 Å². The molecule has 2 N–H and O–H groups in total. The van der Waals surface area contributed by atoms with Crippen LogP contribution < -0.4 is 10.6 Å². The SMILES string of the molecule is CS(=O)(=O)c1cc(NCc2ccc(C(=O)Nc3ccc(F)cc3)cc2)ccc1[N+](=O)[O-]. The minimum Gasteiger partial charge on any atom is -0.381 e. The number of benzene rings is 3. The van der Waals surface area contributed by atoms with Crippen molar-refractivity contribution in [1.82, 2.24) is 0 Å². The zero-order chi connectivity index (χ0) is 22.6. The minimum atomic E-state index is -3.77. The maximum absolute atomic E-state index is 12.9. The first-order valence-corrected chi connectivity index (χ1v) is 10.9. The van der Waals surface area contributed by atoms with E-state index >= 15 is 0 Å². The molecule has 0 spiro atoms. The monoisotopic (exact) mass is 443 g/mol. The van der Waals surface area contributed by atoms with Gasteiger partial charge in [0.05, 0.1) is 4.92 Å². The van der Waals surface area contributed by atoms with Crippen LogP contribution in [0.5, 0.6) is 0 Å². The maximum Gasteiger partial charge on any atom is 0.288 e. The van der Waals surface area contributed by atoms with Crippen LogP contribution in [0.15, 0.2) is 71.6 Å². The zero-order valence-corrected chi connectivity index (χ0v) is 17.1. The molecule has 0 bridgehead atoms. The van der Waals surface area contributed by atoms with Crippen molar-refractivity contribution in [2.75, 3.05) is 16.9 Å². The van der Waals surface area contributed by atoms with Crippen LogP contribution in [0.25, 0.3) is 0 Å². The first-order chi connectivity index (χ1) is 14.6. The molecule has 0 aliphatic carbocycles. The molecule has 10 heteroatoms. The van der Waals surface area contributed by atoms with Crippen LogP contribution in [-0.4, -0.2) is 25.5 Å². The van der Waals surface area contributed by atoms with Gasteiger partial charge in [0.2, 0.25) is 0 Å². The summed E-state index contributed by atoms with van der Waals surface area (Å²) in [4.78, 5) is 22.2. The Bertz CT molecular complexity index is 1230. The normalized spacial score (nSPS) is 11.0. The molecule has 0 atom stereocenters. The van der Waals surface area contributed by atoms with Gasteiger partial charge in [0.15, 0.2) is 9.84 Å². The third-order valence-corrected chi connectivity index (χ3v) is 5.50. The van der Waals surface area contributed by atoms with E-state index in [2.05, 4.69) is 10.6 Å². The van der Waals surface area contributed by atoms with E-state index in [1.54, 1.807) is 24.3 Å². The van der Waals surface area contributed by atoms with E-state index < -0.39 is 26.3 Å². The molecule has 0 radical (unpaired) electrons. The molecule has 0 saturated carbocycles. The lowest BCUT2D eigenvalue weighted by Gasteiger charge is -2.10. The van der Waals surface area contributed by atoms with Gasteiger partial charge < -0.3 is 10.6 Å². The van der Waals surface area contributed by atoms with Crippen molar-refractivity contribution in [3.63, 3.8) is 0 Å². The summed E-state index contributed by atoms with van der Waals surface area (Å²) in [6, 6.07) is 15.9. The Morgan fingerprint density at radius 1 is 1.00 bits per heavy atom. The lowest BCUT2D eigenvalue weighted by molar-refractivity contribution is -0.387. The number of carbonyl (C=O) groups is 1. The molecule has 0 saturated heterocycles. The molecule has 0 aromatic heterocycles. The van der Waals surface area contributed by atoms with Gasteiger partial charge in [0.1, 0.15) is 10.7 Å². The molecule has 0 aliphatic heterocycles. The molecule has 0 aliphatic rings. The van der Waals surface area contributed by atoms with E-state index in [1.807, 2.05) is 0 Å². The summed E-state index contributed by atoms with van der Waals surface area (Å²) < 4.78 is 36.6. The molecule has 3 aromatic rings. The van der Waals surface area contributed by atoms with Crippen molar-refractivity contribution in [2.45, 2.75) is 11.4 Å². The predicted molar refractivity (Wildman–Crippen MR) is 114 cm³/mol. The van der Waals surface area contributed by atoms with Gasteiger partial charge in [-0.3, -0.25) is 14.9 Å². The highest BCUT2D eigenvalue weighted by Gasteiger charge is 2.22. The molecule has 160 valence electrons. The highest BCUT2D eigenvalue weighted by molar-refractivity contribution is 7.90. The van der Waals surface area contributed by atoms with Crippen molar-refractivity contribution < 1.29 is 22.5 Å². The van der Waals surface area contributed by atoms with Crippen LogP contribution in [0.3, 0.4) is 0 Å². The quantitative estimate of drug-likeness (QED) is 0.421. The van der Waals surface area contributed by atoms with Crippen molar-refractivity contribution in [2.24, 2.45) is 0 Å². The number of halogens is 1. The summed E-state index contributed by atoms with van der Waals surface area (Å²) in [5, 5.41) is 16.7. The van der Waals surface area contributed by atoms with Gasteiger partial charge in [0.25, 0.3) is 11.6 Å². The fourth-order valence-electron chi connectivity index (χ4n) is 2.79.